The van der Waals surface area contributed by atoms with Crippen LogP contribution in [0.25, 0.3) is 0 Å². The van der Waals surface area contributed by atoms with E-state index in [0.29, 0.717) is 25.6 Å². The van der Waals surface area contributed by atoms with E-state index in [4.69, 9.17) is 10.00 Å². The van der Waals surface area contributed by atoms with E-state index in [2.05, 4.69) is 10.3 Å². The van der Waals surface area contributed by atoms with Crippen LogP contribution in [0.5, 0.6) is 0 Å². The Morgan fingerprint density at radius 1 is 1.30 bits per heavy atom. The molecule has 0 saturated carbocycles. The van der Waals surface area contributed by atoms with E-state index in [-0.39, 0.29) is 11.4 Å². The highest BCUT2D eigenvalue weighted by Gasteiger charge is 2.15. The van der Waals surface area contributed by atoms with Gasteiger partial charge in [-0.2, -0.15) is 5.26 Å². The Morgan fingerprint density at radius 3 is 2.70 bits per heavy atom. The largest absolute Gasteiger partial charge is 0.377 e. The van der Waals surface area contributed by atoms with Crippen molar-refractivity contribution < 1.29 is 9.66 Å². The fraction of sp³-hybridized carbons (Fsp3) is 0.250. The molecule has 0 radical (unpaired) electrons. The first-order chi connectivity index (χ1) is 11.2. The molecular formula is C16H16N4O3. The minimum Gasteiger partial charge on any atom is -0.377 e. The summed E-state index contributed by atoms with van der Waals surface area (Å²) in [5, 5.41) is 22.8. The molecule has 2 rings (SSSR count). The molecule has 7 heteroatoms. The van der Waals surface area contributed by atoms with Crippen LogP contribution in [0.4, 0.5) is 11.5 Å². The minimum atomic E-state index is -0.618. The number of ether oxygens (including phenoxy) is 1. The number of hydrogen-bond donors (Lipinski definition) is 1. The van der Waals surface area contributed by atoms with Gasteiger partial charge in [0.2, 0.25) is 5.69 Å². The number of benzene rings is 1. The molecule has 0 saturated heterocycles. The Balaban J connectivity index is 2.13. The molecule has 23 heavy (non-hydrogen) atoms. The van der Waals surface area contributed by atoms with Crippen molar-refractivity contribution in [3.8, 4) is 6.07 Å². The van der Waals surface area contributed by atoms with E-state index in [1.54, 1.807) is 6.07 Å². The molecule has 0 aliphatic heterocycles. The van der Waals surface area contributed by atoms with Crippen molar-refractivity contribution in [1.82, 2.24) is 4.98 Å². The highest BCUT2D eigenvalue weighted by atomic mass is 16.6. The number of pyridine rings is 1. The number of anilines is 1. The second-order valence-corrected chi connectivity index (χ2v) is 4.69. The Morgan fingerprint density at radius 2 is 2.04 bits per heavy atom. The van der Waals surface area contributed by atoms with Crippen molar-refractivity contribution in [3.05, 3.63) is 63.3 Å². The molecule has 7 nitrogen and oxygen atoms in total. The molecule has 1 aromatic heterocycles. The second-order valence-electron chi connectivity index (χ2n) is 4.69. The fourth-order valence-corrected chi connectivity index (χ4v) is 2.05. The predicted molar refractivity (Wildman–Crippen MR) is 84.7 cm³/mol. The zero-order valence-corrected chi connectivity index (χ0v) is 12.7. The predicted octanol–water partition coefficient (Wildman–Crippen LogP) is 3.01. The third kappa shape index (κ3) is 4.25. The van der Waals surface area contributed by atoms with E-state index >= 15 is 0 Å². The molecule has 0 atom stereocenters. The monoisotopic (exact) mass is 312 g/mol. The molecular weight excluding hydrogens is 296 g/mol. The lowest BCUT2D eigenvalue weighted by atomic mass is 10.1. The van der Waals surface area contributed by atoms with E-state index in [9.17, 15) is 10.1 Å². The number of nitriles is 1. The third-order valence-electron chi connectivity index (χ3n) is 3.22. The number of nitrogens with one attached hydrogen (secondary N) is 1. The number of hydrogen-bond acceptors (Lipinski definition) is 6. The molecule has 1 N–H and O–H groups in total. The number of nitro groups is 1. The second kappa shape index (κ2) is 7.87. The highest BCUT2D eigenvalue weighted by Crippen LogP contribution is 2.19. The Bertz CT molecular complexity index is 740. The quantitative estimate of drug-likeness (QED) is 0.623. The first kappa shape index (κ1) is 16.4. The van der Waals surface area contributed by atoms with Crippen LogP contribution in [0, 0.1) is 21.4 Å². The van der Waals surface area contributed by atoms with E-state index in [1.807, 2.05) is 31.2 Å². The molecule has 0 aliphatic rings. The Hall–Kier alpha value is -2.98. The lowest BCUT2D eigenvalue weighted by Gasteiger charge is -2.11. The normalized spacial score (nSPS) is 10.1. The van der Waals surface area contributed by atoms with Crippen molar-refractivity contribution in [2.45, 2.75) is 20.1 Å². The van der Waals surface area contributed by atoms with Crippen LogP contribution in [0.15, 0.2) is 36.4 Å². The Labute approximate surface area is 133 Å². The van der Waals surface area contributed by atoms with Crippen LogP contribution in [-0.2, 0) is 17.9 Å². The summed E-state index contributed by atoms with van der Waals surface area (Å²) in [7, 11) is 0. The lowest BCUT2D eigenvalue weighted by molar-refractivity contribution is -0.385. The van der Waals surface area contributed by atoms with Crippen LogP contribution in [0.1, 0.15) is 23.7 Å². The van der Waals surface area contributed by atoms with Gasteiger partial charge in [0.15, 0.2) is 0 Å². The maximum absolute atomic E-state index is 10.8. The van der Waals surface area contributed by atoms with Crippen LogP contribution < -0.4 is 5.32 Å². The Kier molecular flexibility index (Phi) is 5.61. The first-order valence-electron chi connectivity index (χ1n) is 7.09. The standard InChI is InChI=1S/C16H16N4O3/c1-2-23-11-13-6-4-3-5-12(13)10-18-16-8-7-15(20(21)22)14(9-17)19-16/h3-8H,2,10-11H2,1H3,(H,18,19). The smallest absolute Gasteiger partial charge is 0.305 e. The van der Waals surface area contributed by atoms with Gasteiger partial charge >= 0.3 is 5.69 Å². The van der Waals surface area contributed by atoms with Gasteiger partial charge in [-0.1, -0.05) is 24.3 Å². The molecule has 0 fully saturated rings. The van der Waals surface area contributed by atoms with Gasteiger partial charge < -0.3 is 10.1 Å². The SMILES string of the molecule is CCOCc1ccccc1CNc1ccc([N+](=O)[O-])c(C#N)n1. The summed E-state index contributed by atoms with van der Waals surface area (Å²) in [6.45, 7) is 3.58. The van der Waals surface area contributed by atoms with Crippen LogP contribution in [0.3, 0.4) is 0 Å². The van der Waals surface area contributed by atoms with Crippen molar-refractivity contribution in [3.63, 3.8) is 0 Å². The first-order valence-corrected chi connectivity index (χ1v) is 7.09. The summed E-state index contributed by atoms with van der Waals surface area (Å²) in [6, 6.07) is 12.3. The topological polar surface area (TPSA) is 101 Å². The summed E-state index contributed by atoms with van der Waals surface area (Å²) in [4.78, 5) is 14.2. The van der Waals surface area contributed by atoms with E-state index in [0.717, 1.165) is 11.1 Å². The number of rotatable bonds is 7. The van der Waals surface area contributed by atoms with Gasteiger partial charge in [0.1, 0.15) is 11.9 Å². The molecule has 1 heterocycles. The lowest BCUT2D eigenvalue weighted by Crippen LogP contribution is -2.06. The van der Waals surface area contributed by atoms with Gasteiger partial charge in [0.25, 0.3) is 0 Å². The molecule has 0 aliphatic carbocycles. The van der Waals surface area contributed by atoms with Gasteiger partial charge in [-0.3, -0.25) is 10.1 Å². The number of nitrogens with zero attached hydrogens (tertiary/aromatic N) is 3. The summed E-state index contributed by atoms with van der Waals surface area (Å²) in [5.74, 6) is 0.415. The van der Waals surface area contributed by atoms with Gasteiger partial charge in [-0.25, -0.2) is 4.98 Å². The summed E-state index contributed by atoms with van der Waals surface area (Å²) < 4.78 is 5.43. The fourth-order valence-electron chi connectivity index (χ4n) is 2.05. The van der Waals surface area contributed by atoms with Crippen molar-refractivity contribution in [1.29, 1.82) is 5.26 Å². The van der Waals surface area contributed by atoms with Crippen LogP contribution in [-0.4, -0.2) is 16.5 Å². The van der Waals surface area contributed by atoms with Crippen molar-refractivity contribution >= 4 is 11.5 Å². The van der Waals surface area contributed by atoms with E-state index in [1.165, 1.54) is 12.1 Å². The molecule has 2 aromatic rings. The zero-order valence-electron chi connectivity index (χ0n) is 12.7. The van der Waals surface area contributed by atoms with Gasteiger partial charge in [-0.15, -0.1) is 0 Å². The number of aromatic nitrogens is 1. The van der Waals surface area contributed by atoms with Gasteiger partial charge in [-0.05, 0) is 24.1 Å². The molecule has 118 valence electrons. The summed E-state index contributed by atoms with van der Waals surface area (Å²) in [6.07, 6.45) is 0. The van der Waals surface area contributed by atoms with Crippen LogP contribution in [0.2, 0.25) is 0 Å². The molecule has 0 amide bonds. The summed E-state index contributed by atoms with van der Waals surface area (Å²) >= 11 is 0. The molecule has 0 bridgehead atoms. The maximum Gasteiger partial charge on any atom is 0.305 e. The highest BCUT2D eigenvalue weighted by molar-refractivity contribution is 5.50. The average molecular weight is 312 g/mol. The third-order valence-corrected chi connectivity index (χ3v) is 3.22. The van der Waals surface area contributed by atoms with Gasteiger partial charge in [0.05, 0.1) is 11.5 Å². The maximum atomic E-state index is 10.8. The van der Waals surface area contributed by atoms with Crippen molar-refractivity contribution in [2.24, 2.45) is 0 Å². The van der Waals surface area contributed by atoms with E-state index < -0.39 is 4.92 Å². The zero-order chi connectivity index (χ0) is 16.7. The summed E-state index contributed by atoms with van der Waals surface area (Å²) in [5.41, 5.74) is 1.60. The van der Waals surface area contributed by atoms with Crippen molar-refractivity contribution in [2.75, 3.05) is 11.9 Å². The molecule has 1 aromatic carbocycles. The average Bonchev–Trinajstić information content (AvgIpc) is 2.58. The molecule has 0 unspecified atom stereocenters. The van der Waals surface area contributed by atoms with Crippen LogP contribution >= 0.6 is 0 Å². The van der Waals surface area contributed by atoms with Gasteiger partial charge in [0, 0.05) is 19.2 Å². The minimum absolute atomic E-state index is 0.206. The molecule has 0 spiro atoms.